The predicted octanol–water partition coefficient (Wildman–Crippen LogP) is 16.7. The van der Waals surface area contributed by atoms with Gasteiger partial charge in [0.25, 0.3) is 5.91 Å². The van der Waals surface area contributed by atoms with Crippen LogP contribution in [-0.4, -0.2) is 113 Å². The Bertz CT molecular complexity index is 4200. The number of carbonyl (C=O) groups is 7. The number of thioether (sulfide) groups is 2. The van der Waals surface area contributed by atoms with Gasteiger partial charge in [-0.2, -0.15) is 34.0 Å². The number of hydroxylamine groups is 2. The van der Waals surface area contributed by atoms with Gasteiger partial charge in [0.2, 0.25) is 5.78 Å². The van der Waals surface area contributed by atoms with E-state index in [1.165, 1.54) is 67.5 Å². The van der Waals surface area contributed by atoms with Crippen LogP contribution in [0.5, 0.6) is 0 Å². The van der Waals surface area contributed by atoms with Crippen LogP contribution < -0.4 is 0 Å². The summed E-state index contributed by atoms with van der Waals surface area (Å²) in [6.07, 6.45) is 7.49. The average Bonchev–Trinajstić information content (AvgIpc) is 1.67. The van der Waals surface area contributed by atoms with Crippen LogP contribution in [-0.2, 0) is 44.7 Å². The molecule has 1 fully saturated rings. The molecule has 0 bridgehead atoms. The summed E-state index contributed by atoms with van der Waals surface area (Å²) in [5.74, 6) is -3.30. The van der Waals surface area contributed by atoms with Crippen LogP contribution in [0.3, 0.4) is 0 Å². The number of ketones is 3. The number of hydrogen-bond acceptors (Lipinski definition) is 21. The minimum Gasteiger partial charge on any atom is -0.477 e. The normalized spacial score (nSPS) is 14.7. The van der Waals surface area contributed by atoms with Gasteiger partial charge >= 0.3 is 17.9 Å². The topological polar surface area (TPSA) is 255 Å². The first-order chi connectivity index (χ1) is 45.5. The van der Waals surface area contributed by atoms with E-state index in [-0.39, 0.29) is 36.0 Å². The van der Waals surface area contributed by atoms with Crippen LogP contribution in [0.15, 0.2) is 223 Å². The number of carboxylic acid groups (broad SMARTS) is 1. The maximum Gasteiger partial charge on any atom is 0.354 e. The van der Waals surface area contributed by atoms with Crippen LogP contribution in [0.1, 0.15) is 72.4 Å². The van der Waals surface area contributed by atoms with E-state index in [2.05, 4.69) is 105 Å². The maximum atomic E-state index is 13.3. The third-order valence-corrected chi connectivity index (χ3v) is 20.9. The number of pyridine rings is 5. The van der Waals surface area contributed by atoms with Crippen molar-refractivity contribution in [2.75, 3.05) is 21.3 Å². The molecular weight excluding hydrogens is 1690 g/mol. The fourth-order valence-corrected chi connectivity index (χ4v) is 13.9. The van der Waals surface area contributed by atoms with Crippen molar-refractivity contribution in [3.05, 3.63) is 268 Å². The van der Waals surface area contributed by atoms with Gasteiger partial charge in [0.15, 0.2) is 27.7 Å². The molecular formula is C65H49Br5Cl2N6O12S5. The van der Waals surface area contributed by atoms with Gasteiger partial charge < -0.3 is 19.7 Å². The maximum absolute atomic E-state index is 13.3. The Balaban J connectivity index is 0.000000179. The number of amides is 1. The highest BCUT2D eigenvalue weighted by molar-refractivity contribution is 9.11. The molecule has 1 aliphatic heterocycles. The Labute approximate surface area is 617 Å². The van der Waals surface area contributed by atoms with Gasteiger partial charge in [0, 0.05) is 98.7 Å². The van der Waals surface area contributed by atoms with E-state index >= 15 is 0 Å². The standard InChI is InChI=1S/C21H17BrClNO4S2.C20H13BrClNO3S2.C10H6BrNOS.C8H9BrN2O2.C6H4BrNO2/c1-28-20(26)19(30-17-5-3-2-4-15(17)23)16(25)10-21(27,13-8-9-29-12-13)18-7-6-14(22)11-24-18;21-13-5-6-17(23-10-13)20(12-7-8-27-11-12)9-15(24)18(19(25)26-20)28-16-4-2-1-3-14(16)22;11-8-1-2-9(12-5-8)10(13)7-3-4-14-6-7;1-11(13-2)8(12)7-4-3-6(9)5-10-7;7-4-1-2-5(6(9)10)8-3-4/h2-9,11-12,19,27H,10H2,1H3;1-8,10-11,18H,9H2;1-6H;3-5H,1-2H3;1-3H,(H,9,10). The number of aromatic nitrogens is 5. The number of rotatable bonds is 17. The van der Waals surface area contributed by atoms with E-state index in [1.54, 1.807) is 133 Å². The largest absolute Gasteiger partial charge is 0.477 e. The molecule has 4 atom stereocenters. The molecule has 95 heavy (non-hydrogen) atoms. The first-order valence-electron chi connectivity index (χ1n) is 27.1. The van der Waals surface area contributed by atoms with E-state index in [4.69, 9.17) is 42.6 Å². The van der Waals surface area contributed by atoms with E-state index in [0.29, 0.717) is 53.7 Å². The number of carboxylic acids is 1. The van der Waals surface area contributed by atoms with Crippen LogP contribution in [0.4, 0.5) is 0 Å². The zero-order valence-corrected chi connectivity index (χ0v) is 62.9. The van der Waals surface area contributed by atoms with Crippen molar-refractivity contribution in [2.24, 2.45) is 0 Å². The molecule has 0 saturated carbocycles. The van der Waals surface area contributed by atoms with Crippen molar-refractivity contribution in [2.45, 2.75) is 44.3 Å². The zero-order valence-electron chi connectivity index (χ0n) is 49.4. The summed E-state index contributed by atoms with van der Waals surface area (Å²) in [6.45, 7) is 0. The summed E-state index contributed by atoms with van der Waals surface area (Å²) in [7, 11) is 4.18. The lowest BCUT2D eigenvalue weighted by molar-refractivity contribution is -0.166. The second kappa shape index (κ2) is 36.9. The summed E-state index contributed by atoms with van der Waals surface area (Å²) in [5, 5.41) is 30.9. The first-order valence-corrected chi connectivity index (χ1v) is 36.4. The lowest BCUT2D eigenvalue weighted by atomic mass is 9.84. The molecule has 1 amide bonds. The quantitative estimate of drug-likeness (QED) is 0.0282. The SMILES string of the molecule is COC(=O)C(Sc1ccccc1Cl)C(=O)CC(O)(c1ccsc1)c1ccc(Br)cn1.CON(C)C(=O)c1ccc(Br)cn1.O=C(O)c1ccc(Br)cn1.O=C(c1ccsc1)c1ccc(Br)cn1.O=C1CC(c2ccsc2)(c2ccc(Br)cn2)OC(=O)C1Sc1ccccc1Cl. The van der Waals surface area contributed by atoms with Crippen LogP contribution >= 0.6 is 160 Å². The van der Waals surface area contributed by atoms with E-state index < -0.39 is 45.4 Å². The van der Waals surface area contributed by atoms with Gasteiger partial charge in [-0.1, -0.05) is 47.5 Å². The van der Waals surface area contributed by atoms with Gasteiger partial charge in [0.05, 0.1) is 42.1 Å². The number of ether oxygens (including phenoxy) is 2. The van der Waals surface area contributed by atoms with Crippen molar-refractivity contribution in [1.82, 2.24) is 30.0 Å². The third kappa shape index (κ3) is 21.4. The van der Waals surface area contributed by atoms with Crippen LogP contribution in [0, 0.1) is 0 Å². The molecule has 30 heteroatoms. The number of Topliss-reactive ketones (excluding diaryl/α,β-unsaturated/α-hetero) is 2. The van der Waals surface area contributed by atoms with Gasteiger partial charge in [-0.25, -0.2) is 19.8 Å². The fraction of sp³-hybridized carbons (Fsp3) is 0.138. The molecule has 0 radical (unpaired) electrons. The molecule has 1 aliphatic rings. The predicted molar refractivity (Wildman–Crippen MR) is 385 cm³/mol. The van der Waals surface area contributed by atoms with Gasteiger partial charge in [-0.05, 0) is 210 Å². The second-order valence-electron chi connectivity index (χ2n) is 19.2. The molecule has 2 aromatic carbocycles. The number of methoxy groups -OCH3 is 1. The smallest absolute Gasteiger partial charge is 0.354 e. The number of benzene rings is 2. The Morgan fingerprint density at radius 2 is 1.19 bits per heavy atom. The van der Waals surface area contributed by atoms with Gasteiger partial charge in [0.1, 0.15) is 22.7 Å². The Morgan fingerprint density at radius 3 is 1.66 bits per heavy atom. The fourth-order valence-electron chi connectivity index (χ4n) is 8.20. The lowest BCUT2D eigenvalue weighted by Crippen LogP contribution is -2.48. The first kappa shape index (κ1) is 76.2. The minimum absolute atomic E-state index is 0.0201. The van der Waals surface area contributed by atoms with Gasteiger partial charge in [-0.15, -0.1) is 23.5 Å². The molecule has 8 aromatic heterocycles. The Morgan fingerprint density at radius 1 is 0.663 bits per heavy atom. The summed E-state index contributed by atoms with van der Waals surface area (Å²) in [6, 6.07) is 36.4. The number of esters is 2. The highest BCUT2D eigenvalue weighted by Gasteiger charge is 2.51. The molecule has 18 nitrogen and oxygen atoms in total. The van der Waals surface area contributed by atoms with E-state index in [9.17, 15) is 38.7 Å². The summed E-state index contributed by atoms with van der Waals surface area (Å²) >= 11 is 35.2. The summed E-state index contributed by atoms with van der Waals surface area (Å²) in [5.41, 5.74) is 0.794. The molecule has 9 heterocycles. The van der Waals surface area contributed by atoms with E-state index in [1.807, 2.05) is 45.8 Å². The van der Waals surface area contributed by atoms with Crippen LogP contribution in [0.2, 0.25) is 10.0 Å². The number of nitrogens with zero attached hydrogens (tertiary/aromatic N) is 6. The second-order valence-corrected chi connectivity index (χ2v) is 29.3. The van der Waals surface area contributed by atoms with Crippen molar-refractivity contribution < 1.29 is 58.1 Å². The minimum atomic E-state index is -1.69. The number of halogens is 7. The van der Waals surface area contributed by atoms with Crippen LogP contribution in [0.25, 0.3) is 0 Å². The number of aliphatic hydroxyl groups is 1. The highest BCUT2D eigenvalue weighted by Crippen LogP contribution is 2.45. The number of aromatic carboxylic acids is 1. The van der Waals surface area contributed by atoms with E-state index in [0.717, 1.165) is 56.5 Å². The highest BCUT2D eigenvalue weighted by atomic mass is 79.9. The molecule has 490 valence electrons. The monoisotopic (exact) mass is 1730 g/mol. The Kier molecular flexibility index (Phi) is 29.6. The average molecular weight is 1740 g/mol. The molecule has 0 spiro atoms. The third-order valence-electron chi connectivity index (χ3n) is 13.0. The van der Waals surface area contributed by atoms with Crippen molar-refractivity contribution in [3.8, 4) is 0 Å². The van der Waals surface area contributed by atoms with Crippen molar-refractivity contribution in [3.63, 3.8) is 0 Å². The zero-order chi connectivity index (χ0) is 68.8. The Hall–Kier alpha value is -6.22. The number of thiophene rings is 3. The number of hydrogen-bond donors (Lipinski definition) is 2. The molecule has 4 unspecified atom stereocenters. The number of cyclic esters (lactones) is 1. The summed E-state index contributed by atoms with van der Waals surface area (Å²) in [4.78, 5) is 111. The lowest BCUT2D eigenvalue weighted by Gasteiger charge is -2.37. The molecule has 11 rings (SSSR count). The molecule has 2 N–H and O–H groups in total. The molecule has 10 aromatic rings. The molecule has 1 saturated heterocycles. The molecule has 0 aliphatic carbocycles. The van der Waals surface area contributed by atoms with Gasteiger partial charge in [-0.3, -0.25) is 48.6 Å². The van der Waals surface area contributed by atoms with Crippen molar-refractivity contribution >= 4 is 202 Å². The number of carbonyl (C=O) groups excluding carboxylic acids is 6. The summed E-state index contributed by atoms with van der Waals surface area (Å²) < 4.78 is 14.8. The van der Waals surface area contributed by atoms with Crippen molar-refractivity contribution in [1.29, 1.82) is 0 Å².